The van der Waals surface area contributed by atoms with Crippen LogP contribution in [0.15, 0.2) is 41.8 Å². The summed E-state index contributed by atoms with van der Waals surface area (Å²) in [5.41, 5.74) is 1.23. The first-order valence-corrected chi connectivity index (χ1v) is 7.97. The van der Waals surface area contributed by atoms with Crippen LogP contribution in [-0.4, -0.2) is 43.8 Å². The van der Waals surface area contributed by atoms with E-state index in [0.717, 1.165) is 5.75 Å². The largest absolute Gasteiger partial charge is 0.357 e. The maximum absolute atomic E-state index is 4.41. The molecule has 0 amide bonds. The fraction of sp³-hybridized carbons (Fsp3) is 0.214. The minimum atomic E-state index is 0.410. The van der Waals surface area contributed by atoms with Gasteiger partial charge in [0, 0.05) is 19.8 Å². The predicted octanol–water partition coefficient (Wildman–Crippen LogP) is 1.83. The van der Waals surface area contributed by atoms with E-state index in [1.54, 1.807) is 32.2 Å². The van der Waals surface area contributed by atoms with Crippen molar-refractivity contribution in [3.05, 3.63) is 42.2 Å². The van der Waals surface area contributed by atoms with Gasteiger partial charge < -0.3 is 10.6 Å². The Balaban J connectivity index is 1.76. The van der Waals surface area contributed by atoms with Crippen molar-refractivity contribution >= 4 is 23.7 Å². The highest BCUT2D eigenvalue weighted by atomic mass is 32.2. The van der Waals surface area contributed by atoms with Gasteiger partial charge in [0.25, 0.3) is 5.95 Å². The van der Waals surface area contributed by atoms with Gasteiger partial charge in [-0.05, 0) is 5.56 Å². The summed E-state index contributed by atoms with van der Waals surface area (Å²) in [5.74, 6) is 2.15. The summed E-state index contributed by atoms with van der Waals surface area (Å²) in [6.45, 7) is 0. The van der Waals surface area contributed by atoms with Crippen molar-refractivity contribution in [3.8, 4) is 5.95 Å². The number of hydrogen-bond acceptors (Lipinski definition) is 8. The highest BCUT2D eigenvalue weighted by Gasteiger charge is 2.09. The van der Waals surface area contributed by atoms with Crippen LogP contribution in [0.3, 0.4) is 0 Å². The molecule has 0 fully saturated rings. The molecule has 2 aromatic heterocycles. The standard InChI is InChI=1S/C14H16N8S/c1-15-11-18-12(16-2)20-13(19-11)22-9-17-14(21-22)23-8-10-6-4-3-5-7-10/h3-7,9H,8H2,1-2H3,(H2,15,16,18,19,20). The van der Waals surface area contributed by atoms with Crippen molar-refractivity contribution in [2.75, 3.05) is 24.7 Å². The van der Waals surface area contributed by atoms with Gasteiger partial charge in [-0.1, -0.05) is 42.1 Å². The molecule has 1 aromatic carbocycles. The summed E-state index contributed by atoms with van der Waals surface area (Å²) in [7, 11) is 3.50. The zero-order valence-electron chi connectivity index (χ0n) is 12.8. The Kier molecular flexibility index (Phi) is 4.67. The molecule has 2 N–H and O–H groups in total. The number of thioether (sulfide) groups is 1. The van der Waals surface area contributed by atoms with Gasteiger partial charge >= 0.3 is 0 Å². The lowest BCUT2D eigenvalue weighted by Crippen LogP contribution is -2.09. The highest BCUT2D eigenvalue weighted by molar-refractivity contribution is 7.98. The molecule has 0 saturated carbocycles. The van der Waals surface area contributed by atoms with Gasteiger partial charge in [-0.25, -0.2) is 4.98 Å². The van der Waals surface area contributed by atoms with Gasteiger partial charge in [-0.2, -0.15) is 19.6 Å². The van der Waals surface area contributed by atoms with Crippen LogP contribution in [0, 0.1) is 0 Å². The van der Waals surface area contributed by atoms with Crippen LogP contribution in [0.25, 0.3) is 5.95 Å². The third-order valence-electron chi connectivity index (χ3n) is 2.96. The number of hydrogen-bond donors (Lipinski definition) is 2. The highest BCUT2D eigenvalue weighted by Crippen LogP contribution is 2.19. The van der Waals surface area contributed by atoms with Crippen LogP contribution < -0.4 is 10.6 Å². The van der Waals surface area contributed by atoms with Gasteiger partial charge in [0.1, 0.15) is 6.33 Å². The number of nitrogens with zero attached hydrogens (tertiary/aromatic N) is 6. The molecule has 8 nitrogen and oxygen atoms in total. The number of anilines is 2. The van der Waals surface area contributed by atoms with Crippen LogP contribution in [0.5, 0.6) is 0 Å². The molecule has 3 aromatic rings. The van der Waals surface area contributed by atoms with E-state index >= 15 is 0 Å². The maximum Gasteiger partial charge on any atom is 0.258 e. The normalized spacial score (nSPS) is 10.5. The van der Waals surface area contributed by atoms with E-state index in [2.05, 4.69) is 47.8 Å². The minimum absolute atomic E-state index is 0.410. The lowest BCUT2D eigenvalue weighted by molar-refractivity contribution is 0.772. The van der Waals surface area contributed by atoms with E-state index in [4.69, 9.17) is 0 Å². The van der Waals surface area contributed by atoms with Crippen molar-refractivity contribution in [2.24, 2.45) is 0 Å². The Labute approximate surface area is 137 Å². The van der Waals surface area contributed by atoms with Crippen LogP contribution in [0.1, 0.15) is 5.56 Å². The fourth-order valence-electron chi connectivity index (χ4n) is 1.82. The van der Waals surface area contributed by atoms with Crippen molar-refractivity contribution < 1.29 is 0 Å². The van der Waals surface area contributed by atoms with Crippen LogP contribution >= 0.6 is 11.8 Å². The van der Waals surface area contributed by atoms with Gasteiger partial charge in [0.2, 0.25) is 17.1 Å². The molecule has 0 radical (unpaired) electrons. The molecule has 3 rings (SSSR count). The van der Waals surface area contributed by atoms with Crippen LogP contribution in [-0.2, 0) is 5.75 Å². The van der Waals surface area contributed by atoms with Crippen molar-refractivity contribution in [1.29, 1.82) is 0 Å². The van der Waals surface area contributed by atoms with E-state index in [9.17, 15) is 0 Å². The first-order chi connectivity index (χ1) is 11.3. The maximum atomic E-state index is 4.41. The quantitative estimate of drug-likeness (QED) is 0.662. The third-order valence-corrected chi connectivity index (χ3v) is 3.88. The molecule has 2 heterocycles. The fourth-order valence-corrected chi connectivity index (χ4v) is 2.58. The molecule has 118 valence electrons. The third kappa shape index (κ3) is 3.75. The molecule has 0 atom stereocenters. The zero-order chi connectivity index (χ0) is 16.1. The van der Waals surface area contributed by atoms with Crippen LogP contribution in [0.2, 0.25) is 0 Å². The van der Waals surface area contributed by atoms with E-state index in [0.29, 0.717) is 23.0 Å². The molecule has 0 spiro atoms. The lowest BCUT2D eigenvalue weighted by Gasteiger charge is -2.05. The molecular formula is C14H16N8S. The summed E-state index contributed by atoms with van der Waals surface area (Å²) in [6.07, 6.45) is 1.60. The number of nitrogens with one attached hydrogen (secondary N) is 2. The Morgan fingerprint density at radius 2 is 1.70 bits per heavy atom. The summed E-state index contributed by atoms with van der Waals surface area (Å²) < 4.78 is 1.54. The number of benzene rings is 1. The van der Waals surface area contributed by atoms with Gasteiger partial charge in [-0.15, -0.1) is 5.10 Å². The second-order valence-electron chi connectivity index (χ2n) is 4.53. The summed E-state index contributed by atoms with van der Waals surface area (Å²) in [4.78, 5) is 17.0. The zero-order valence-corrected chi connectivity index (χ0v) is 13.6. The Morgan fingerprint density at radius 1 is 1.00 bits per heavy atom. The molecule has 9 heteroatoms. The van der Waals surface area contributed by atoms with Gasteiger partial charge in [0.15, 0.2) is 0 Å². The lowest BCUT2D eigenvalue weighted by atomic mass is 10.2. The second kappa shape index (κ2) is 7.05. The van der Waals surface area contributed by atoms with E-state index < -0.39 is 0 Å². The van der Waals surface area contributed by atoms with Crippen molar-refractivity contribution in [2.45, 2.75) is 10.9 Å². The molecule has 0 aliphatic carbocycles. The van der Waals surface area contributed by atoms with Crippen molar-refractivity contribution in [1.82, 2.24) is 29.7 Å². The average Bonchev–Trinajstić information content (AvgIpc) is 3.09. The molecule has 23 heavy (non-hydrogen) atoms. The molecule has 0 unspecified atom stereocenters. The van der Waals surface area contributed by atoms with E-state index in [-0.39, 0.29) is 0 Å². The Bertz CT molecular complexity index is 751. The molecular weight excluding hydrogens is 312 g/mol. The van der Waals surface area contributed by atoms with Crippen LogP contribution in [0.4, 0.5) is 11.9 Å². The molecule has 0 aliphatic rings. The smallest absolute Gasteiger partial charge is 0.258 e. The SMILES string of the molecule is CNc1nc(NC)nc(-n2cnc(SCc3ccccc3)n2)n1. The summed E-state index contributed by atoms with van der Waals surface area (Å²) in [5, 5.41) is 10.9. The predicted molar refractivity (Wildman–Crippen MR) is 89.8 cm³/mol. The van der Waals surface area contributed by atoms with E-state index in [1.165, 1.54) is 10.2 Å². The molecule has 0 aliphatic heterocycles. The van der Waals surface area contributed by atoms with Gasteiger partial charge in [-0.3, -0.25) is 0 Å². The topological polar surface area (TPSA) is 93.4 Å². The number of rotatable bonds is 6. The summed E-state index contributed by atoms with van der Waals surface area (Å²) in [6, 6.07) is 10.2. The molecule has 0 bridgehead atoms. The van der Waals surface area contributed by atoms with Gasteiger partial charge in [0.05, 0.1) is 0 Å². The first-order valence-electron chi connectivity index (χ1n) is 6.99. The number of aromatic nitrogens is 6. The second-order valence-corrected chi connectivity index (χ2v) is 5.47. The average molecular weight is 328 g/mol. The first kappa shape index (κ1) is 15.2. The van der Waals surface area contributed by atoms with E-state index in [1.807, 2.05) is 18.2 Å². The monoisotopic (exact) mass is 328 g/mol. The minimum Gasteiger partial charge on any atom is -0.357 e. The molecule has 0 saturated heterocycles. The Morgan fingerprint density at radius 3 is 2.35 bits per heavy atom. The van der Waals surface area contributed by atoms with Crippen molar-refractivity contribution in [3.63, 3.8) is 0 Å². The summed E-state index contributed by atoms with van der Waals surface area (Å²) >= 11 is 1.56. The Hall–Kier alpha value is -2.68.